The molecular formula is C25H23N3O3. The molecule has 1 aromatic carbocycles. The number of carbonyl (C=O) groups is 2. The van der Waals surface area contributed by atoms with E-state index >= 15 is 0 Å². The Morgan fingerprint density at radius 2 is 1.94 bits per heavy atom. The van der Waals surface area contributed by atoms with E-state index in [0.717, 1.165) is 18.4 Å². The Balaban J connectivity index is 1.31. The van der Waals surface area contributed by atoms with Gasteiger partial charge in [-0.3, -0.25) is 9.59 Å². The zero-order valence-corrected chi connectivity index (χ0v) is 17.0. The molecule has 31 heavy (non-hydrogen) atoms. The topological polar surface area (TPSA) is 75.4 Å². The predicted molar refractivity (Wildman–Crippen MR) is 120 cm³/mol. The van der Waals surface area contributed by atoms with Gasteiger partial charge in [0.1, 0.15) is 12.1 Å². The van der Waals surface area contributed by atoms with Crippen LogP contribution in [-0.2, 0) is 4.79 Å². The minimum absolute atomic E-state index is 0.0138. The number of amides is 2. The number of nitrogens with one attached hydrogen (secondary N) is 1. The molecule has 0 saturated heterocycles. The normalized spacial score (nSPS) is 14.2. The lowest BCUT2D eigenvalue weighted by Gasteiger charge is -2.18. The summed E-state index contributed by atoms with van der Waals surface area (Å²) in [6, 6.07) is 15.4. The Hall–Kier alpha value is -3.93. The summed E-state index contributed by atoms with van der Waals surface area (Å²) in [5, 5.41) is 2.70. The van der Waals surface area contributed by atoms with Gasteiger partial charge in [0.15, 0.2) is 0 Å². The van der Waals surface area contributed by atoms with Crippen molar-refractivity contribution in [2.75, 3.05) is 18.4 Å². The van der Waals surface area contributed by atoms with E-state index < -0.39 is 0 Å². The van der Waals surface area contributed by atoms with Crippen LogP contribution in [0.4, 0.5) is 5.82 Å². The molecule has 1 aliphatic heterocycles. The van der Waals surface area contributed by atoms with Crippen molar-refractivity contribution in [2.24, 2.45) is 0 Å². The maximum Gasteiger partial charge on any atom is 0.260 e. The van der Waals surface area contributed by atoms with Gasteiger partial charge < -0.3 is 14.6 Å². The number of benzene rings is 1. The number of pyridine rings is 1. The van der Waals surface area contributed by atoms with Crippen LogP contribution in [-0.4, -0.2) is 34.8 Å². The number of furan rings is 1. The van der Waals surface area contributed by atoms with Crippen molar-refractivity contribution < 1.29 is 14.0 Å². The average molecular weight is 413 g/mol. The molecule has 0 saturated carbocycles. The maximum atomic E-state index is 12.6. The number of aromatic nitrogens is 1. The molecule has 4 rings (SSSR count). The van der Waals surface area contributed by atoms with Crippen LogP contribution < -0.4 is 5.32 Å². The molecule has 0 unspecified atom stereocenters. The lowest BCUT2D eigenvalue weighted by Crippen LogP contribution is -2.30. The minimum Gasteiger partial charge on any atom is -0.472 e. The predicted octanol–water partition coefficient (Wildman–Crippen LogP) is 4.65. The summed E-state index contributed by atoms with van der Waals surface area (Å²) in [5.74, 6) is 0.131. The molecule has 2 amide bonds. The van der Waals surface area contributed by atoms with Crippen molar-refractivity contribution in [3.63, 3.8) is 0 Å². The first-order chi connectivity index (χ1) is 15.2. The molecule has 2 aromatic heterocycles. The molecule has 1 aliphatic rings. The summed E-state index contributed by atoms with van der Waals surface area (Å²) in [6.45, 7) is 1.40. The van der Waals surface area contributed by atoms with Crippen LogP contribution in [0, 0.1) is 0 Å². The van der Waals surface area contributed by atoms with Gasteiger partial charge in [-0.05, 0) is 53.8 Å². The van der Waals surface area contributed by atoms with Crippen LogP contribution in [0.2, 0.25) is 0 Å². The van der Waals surface area contributed by atoms with Gasteiger partial charge in [0.25, 0.3) is 5.91 Å². The molecule has 0 fully saturated rings. The molecule has 3 aromatic rings. The van der Waals surface area contributed by atoms with Gasteiger partial charge in [-0.1, -0.05) is 36.4 Å². The van der Waals surface area contributed by atoms with E-state index in [1.54, 1.807) is 36.5 Å². The smallest absolute Gasteiger partial charge is 0.260 e. The van der Waals surface area contributed by atoms with Gasteiger partial charge in [0, 0.05) is 25.4 Å². The third-order valence-electron chi connectivity index (χ3n) is 5.13. The lowest BCUT2D eigenvalue weighted by molar-refractivity contribution is -0.125. The monoisotopic (exact) mass is 413 g/mol. The van der Waals surface area contributed by atoms with Crippen molar-refractivity contribution in [3.8, 4) is 0 Å². The van der Waals surface area contributed by atoms with Crippen LogP contribution in [0.3, 0.4) is 0 Å². The number of nitrogens with zero attached hydrogens (tertiary/aromatic N) is 2. The molecule has 3 heterocycles. The van der Waals surface area contributed by atoms with E-state index in [2.05, 4.69) is 28.5 Å². The summed E-state index contributed by atoms with van der Waals surface area (Å²) in [4.78, 5) is 30.8. The van der Waals surface area contributed by atoms with E-state index in [1.807, 2.05) is 23.1 Å². The van der Waals surface area contributed by atoms with Crippen LogP contribution in [0.15, 0.2) is 83.8 Å². The third kappa shape index (κ3) is 5.36. The second-order valence-electron chi connectivity index (χ2n) is 7.24. The summed E-state index contributed by atoms with van der Waals surface area (Å²) in [6.07, 6.45) is 11.7. The fourth-order valence-electron chi connectivity index (χ4n) is 3.43. The molecule has 6 nitrogen and oxygen atoms in total. The van der Waals surface area contributed by atoms with Gasteiger partial charge in [0.05, 0.1) is 11.8 Å². The Labute approximate surface area is 180 Å². The fraction of sp³-hybridized carbons (Fsp3) is 0.160. The first kappa shape index (κ1) is 20.3. The summed E-state index contributed by atoms with van der Waals surface area (Å²) in [7, 11) is 0. The quantitative estimate of drug-likeness (QED) is 0.618. The maximum absolute atomic E-state index is 12.6. The van der Waals surface area contributed by atoms with E-state index in [9.17, 15) is 9.59 Å². The van der Waals surface area contributed by atoms with Crippen LogP contribution in [0.25, 0.3) is 11.6 Å². The standard InChI is InChI=1S/C25H23N3O3/c29-24(28-14-4-7-21(12-15-28)20-5-2-1-3-6-20)11-9-19-8-10-23(26-17-19)27-25(30)22-13-16-31-18-22/h1-3,5-11,13,16-18H,4,12,14-15H2,(H,26,27,30)/b11-9+. The van der Waals surface area contributed by atoms with Crippen LogP contribution >= 0.6 is 0 Å². The molecule has 0 spiro atoms. The fourth-order valence-corrected chi connectivity index (χ4v) is 3.43. The van der Waals surface area contributed by atoms with Crippen molar-refractivity contribution in [1.82, 2.24) is 9.88 Å². The largest absolute Gasteiger partial charge is 0.472 e. The highest BCUT2D eigenvalue weighted by Gasteiger charge is 2.15. The summed E-state index contributed by atoms with van der Waals surface area (Å²) in [5.41, 5.74) is 3.72. The Kier molecular flexibility index (Phi) is 6.38. The molecular weight excluding hydrogens is 390 g/mol. The Morgan fingerprint density at radius 1 is 1.06 bits per heavy atom. The van der Waals surface area contributed by atoms with E-state index in [1.165, 1.54) is 23.7 Å². The second-order valence-corrected chi connectivity index (χ2v) is 7.24. The summed E-state index contributed by atoms with van der Waals surface area (Å²) < 4.78 is 4.90. The minimum atomic E-state index is -0.288. The number of anilines is 1. The number of hydrogen-bond acceptors (Lipinski definition) is 4. The molecule has 0 aliphatic carbocycles. The highest BCUT2D eigenvalue weighted by molar-refractivity contribution is 6.03. The van der Waals surface area contributed by atoms with E-state index in [4.69, 9.17) is 4.42 Å². The van der Waals surface area contributed by atoms with E-state index in [0.29, 0.717) is 24.5 Å². The van der Waals surface area contributed by atoms with Gasteiger partial charge in [-0.25, -0.2) is 4.98 Å². The molecule has 0 atom stereocenters. The van der Waals surface area contributed by atoms with Gasteiger partial charge >= 0.3 is 0 Å². The molecule has 6 heteroatoms. The third-order valence-corrected chi connectivity index (χ3v) is 5.13. The van der Waals surface area contributed by atoms with Crippen molar-refractivity contribution in [2.45, 2.75) is 12.8 Å². The molecule has 0 bridgehead atoms. The average Bonchev–Trinajstić information content (AvgIpc) is 3.24. The Morgan fingerprint density at radius 3 is 2.68 bits per heavy atom. The van der Waals surface area contributed by atoms with Gasteiger partial charge in [0.2, 0.25) is 5.91 Å². The number of carbonyl (C=O) groups excluding carboxylic acids is 2. The molecule has 156 valence electrons. The highest BCUT2D eigenvalue weighted by Crippen LogP contribution is 2.22. The Bertz CT molecular complexity index is 1080. The zero-order chi connectivity index (χ0) is 21.5. The first-order valence-corrected chi connectivity index (χ1v) is 10.2. The van der Waals surface area contributed by atoms with Crippen molar-refractivity contribution in [3.05, 3.63) is 96.1 Å². The van der Waals surface area contributed by atoms with Crippen LogP contribution in [0.5, 0.6) is 0 Å². The van der Waals surface area contributed by atoms with E-state index in [-0.39, 0.29) is 11.8 Å². The van der Waals surface area contributed by atoms with Gasteiger partial charge in [-0.15, -0.1) is 0 Å². The van der Waals surface area contributed by atoms with Crippen LogP contribution in [0.1, 0.15) is 34.3 Å². The highest BCUT2D eigenvalue weighted by atomic mass is 16.3. The SMILES string of the molecule is O=C(Nc1ccc(/C=C/C(=O)N2CCC=C(c3ccccc3)CC2)cn1)c1ccoc1. The van der Waals surface area contributed by atoms with Crippen molar-refractivity contribution >= 4 is 29.3 Å². The van der Waals surface area contributed by atoms with Gasteiger partial charge in [-0.2, -0.15) is 0 Å². The molecule has 0 radical (unpaired) electrons. The number of rotatable bonds is 5. The second kappa shape index (κ2) is 9.71. The zero-order valence-electron chi connectivity index (χ0n) is 17.0. The lowest BCUT2D eigenvalue weighted by atomic mass is 10.0. The first-order valence-electron chi connectivity index (χ1n) is 10.2. The summed E-state index contributed by atoms with van der Waals surface area (Å²) >= 11 is 0. The van der Waals surface area contributed by atoms with Crippen molar-refractivity contribution in [1.29, 1.82) is 0 Å². The number of hydrogen-bond donors (Lipinski definition) is 1. The molecule has 1 N–H and O–H groups in total.